The number of amides is 1. The van der Waals surface area contributed by atoms with Gasteiger partial charge in [0.25, 0.3) is 11.8 Å². The second-order valence-corrected chi connectivity index (χ2v) is 7.27. The number of rotatable bonds is 2. The van der Waals surface area contributed by atoms with Crippen LogP contribution in [-0.4, -0.2) is 58.1 Å². The molecule has 0 aliphatic carbocycles. The zero-order chi connectivity index (χ0) is 17.4. The molecule has 0 bridgehead atoms. The molecule has 6 nitrogen and oxygen atoms in total. The van der Waals surface area contributed by atoms with Gasteiger partial charge in [0, 0.05) is 29.8 Å². The van der Waals surface area contributed by atoms with Crippen LogP contribution >= 0.6 is 0 Å². The Morgan fingerprint density at radius 1 is 1.12 bits per heavy atom. The number of hydrogen-bond donors (Lipinski definition) is 0. The molecule has 3 heterocycles. The summed E-state index contributed by atoms with van der Waals surface area (Å²) in [6.45, 7) is 4.65. The third kappa shape index (κ3) is 2.95. The van der Waals surface area contributed by atoms with Gasteiger partial charge in [-0.3, -0.25) is 4.79 Å². The molecule has 2 aliphatic heterocycles. The van der Waals surface area contributed by atoms with Crippen LogP contribution in [0.3, 0.4) is 0 Å². The molecule has 6 heteroatoms. The summed E-state index contributed by atoms with van der Waals surface area (Å²) in [7, 11) is 2.22. The number of piperidine rings is 1. The Morgan fingerprint density at radius 2 is 1.84 bits per heavy atom. The number of carbonyl (C=O) groups excluding carboxylic acids is 1. The summed E-state index contributed by atoms with van der Waals surface area (Å²) in [5, 5.41) is 3.80. The molecule has 132 valence electrons. The van der Waals surface area contributed by atoms with Crippen LogP contribution in [0.1, 0.15) is 41.9 Å². The van der Waals surface area contributed by atoms with Crippen molar-refractivity contribution in [2.24, 2.45) is 0 Å². The lowest BCUT2D eigenvalue weighted by Crippen LogP contribution is -2.51. The summed E-state index contributed by atoms with van der Waals surface area (Å²) < 4.78 is 5.17. The van der Waals surface area contributed by atoms with E-state index in [-0.39, 0.29) is 5.91 Å². The van der Waals surface area contributed by atoms with Gasteiger partial charge >= 0.3 is 0 Å². The van der Waals surface area contributed by atoms with Gasteiger partial charge in [0.1, 0.15) is 0 Å². The molecule has 1 spiro atoms. The fourth-order valence-corrected chi connectivity index (χ4v) is 4.18. The fourth-order valence-electron chi connectivity index (χ4n) is 4.18. The Labute approximate surface area is 147 Å². The van der Waals surface area contributed by atoms with E-state index >= 15 is 0 Å². The summed E-state index contributed by atoms with van der Waals surface area (Å²) in [5.74, 6) is 1.21. The van der Waals surface area contributed by atoms with Crippen LogP contribution < -0.4 is 0 Å². The second kappa shape index (κ2) is 6.26. The number of aromatic nitrogens is 2. The zero-order valence-corrected chi connectivity index (χ0v) is 14.9. The number of hydrogen-bond acceptors (Lipinski definition) is 5. The van der Waals surface area contributed by atoms with E-state index in [1.165, 1.54) is 19.4 Å². The number of benzene rings is 1. The molecule has 1 aromatic carbocycles. The van der Waals surface area contributed by atoms with E-state index in [0.717, 1.165) is 37.1 Å². The van der Waals surface area contributed by atoms with E-state index in [0.29, 0.717) is 17.3 Å². The van der Waals surface area contributed by atoms with E-state index in [4.69, 9.17) is 4.52 Å². The van der Waals surface area contributed by atoms with Crippen LogP contribution in [0, 0.1) is 6.92 Å². The van der Waals surface area contributed by atoms with E-state index in [9.17, 15) is 4.79 Å². The minimum Gasteiger partial charge on any atom is -0.339 e. The monoisotopic (exact) mass is 340 g/mol. The summed E-state index contributed by atoms with van der Waals surface area (Å²) in [6, 6.07) is 7.44. The second-order valence-electron chi connectivity index (χ2n) is 7.27. The van der Waals surface area contributed by atoms with Crippen molar-refractivity contribution in [1.82, 2.24) is 19.9 Å². The highest BCUT2D eigenvalue weighted by molar-refractivity contribution is 5.94. The van der Waals surface area contributed by atoms with Crippen LogP contribution in [0.5, 0.6) is 0 Å². The molecule has 2 aliphatic rings. The smallest absolute Gasteiger partial charge is 0.257 e. The van der Waals surface area contributed by atoms with Crippen LogP contribution in [0.15, 0.2) is 28.8 Å². The maximum Gasteiger partial charge on any atom is 0.257 e. The molecule has 2 saturated heterocycles. The highest BCUT2D eigenvalue weighted by Crippen LogP contribution is 2.37. The molecule has 0 saturated carbocycles. The van der Waals surface area contributed by atoms with Crippen molar-refractivity contribution in [3.05, 3.63) is 35.7 Å². The van der Waals surface area contributed by atoms with Crippen molar-refractivity contribution < 1.29 is 9.32 Å². The molecule has 1 aromatic heterocycles. The predicted molar refractivity (Wildman–Crippen MR) is 94.2 cm³/mol. The molecule has 2 fully saturated rings. The van der Waals surface area contributed by atoms with Crippen LogP contribution in [0.25, 0.3) is 11.5 Å². The molecular weight excluding hydrogens is 316 g/mol. The van der Waals surface area contributed by atoms with Crippen molar-refractivity contribution in [1.29, 1.82) is 0 Å². The fraction of sp³-hybridized carbons (Fsp3) is 0.526. The highest BCUT2D eigenvalue weighted by Gasteiger charge is 2.41. The van der Waals surface area contributed by atoms with Crippen molar-refractivity contribution in [2.75, 3.05) is 26.7 Å². The van der Waals surface area contributed by atoms with Gasteiger partial charge < -0.3 is 14.3 Å². The summed E-state index contributed by atoms with van der Waals surface area (Å²) in [6.07, 6.45) is 4.70. The lowest BCUT2D eigenvalue weighted by atomic mass is 9.85. The van der Waals surface area contributed by atoms with Crippen molar-refractivity contribution in [3.8, 4) is 11.5 Å². The number of nitrogens with zero attached hydrogens (tertiary/aromatic N) is 4. The maximum atomic E-state index is 12.8. The van der Waals surface area contributed by atoms with E-state index in [2.05, 4.69) is 22.1 Å². The molecular formula is C19H24N4O2. The summed E-state index contributed by atoms with van der Waals surface area (Å²) >= 11 is 0. The SMILES string of the molecule is Cc1noc(-c2ccc(C(=O)N3CCC4(CCCN4C)CC3)cc2)n1. The molecule has 0 N–H and O–H groups in total. The highest BCUT2D eigenvalue weighted by atomic mass is 16.5. The Kier molecular flexibility index (Phi) is 4.07. The van der Waals surface area contributed by atoms with Gasteiger partial charge in [-0.2, -0.15) is 4.98 Å². The Balaban J connectivity index is 1.43. The first-order chi connectivity index (χ1) is 12.1. The lowest BCUT2D eigenvalue weighted by molar-refractivity contribution is 0.0492. The largest absolute Gasteiger partial charge is 0.339 e. The average molecular weight is 340 g/mol. The minimum absolute atomic E-state index is 0.115. The third-order valence-electron chi connectivity index (χ3n) is 5.83. The molecule has 0 unspecified atom stereocenters. The van der Waals surface area contributed by atoms with Crippen molar-refractivity contribution >= 4 is 5.91 Å². The van der Waals surface area contributed by atoms with Gasteiger partial charge in [-0.25, -0.2) is 0 Å². The van der Waals surface area contributed by atoms with E-state index in [1.54, 1.807) is 6.92 Å². The molecule has 2 aromatic rings. The first-order valence-electron chi connectivity index (χ1n) is 8.99. The Morgan fingerprint density at radius 3 is 2.40 bits per heavy atom. The summed E-state index contributed by atoms with van der Waals surface area (Å²) in [5.41, 5.74) is 1.88. The van der Waals surface area contributed by atoms with Crippen LogP contribution in [-0.2, 0) is 0 Å². The third-order valence-corrected chi connectivity index (χ3v) is 5.83. The first kappa shape index (κ1) is 16.3. The maximum absolute atomic E-state index is 12.8. The van der Waals surface area contributed by atoms with Gasteiger partial charge in [0.2, 0.25) is 0 Å². The van der Waals surface area contributed by atoms with Gasteiger partial charge in [-0.15, -0.1) is 0 Å². The standard InChI is InChI=1S/C19H24N4O2/c1-14-20-17(25-21-14)15-4-6-16(7-5-15)18(24)23-12-9-19(10-13-23)8-3-11-22(19)2/h4-7H,3,8-13H2,1-2H3. The van der Waals surface area contributed by atoms with Gasteiger partial charge in [-0.05, 0) is 70.5 Å². The van der Waals surface area contributed by atoms with Gasteiger partial charge in [0.15, 0.2) is 5.82 Å². The number of carbonyl (C=O) groups is 1. The average Bonchev–Trinajstić information content (AvgIpc) is 3.22. The molecule has 0 atom stereocenters. The quantitative estimate of drug-likeness (QED) is 0.841. The van der Waals surface area contributed by atoms with E-state index in [1.807, 2.05) is 29.2 Å². The van der Waals surface area contributed by atoms with Crippen molar-refractivity contribution in [2.45, 2.75) is 38.1 Å². The minimum atomic E-state index is 0.115. The van der Waals surface area contributed by atoms with Gasteiger partial charge in [0.05, 0.1) is 0 Å². The number of aryl methyl sites for hydroxylation is 1. The Hall–Kier alpha value is -2.21. The normalized spacial score (nSPS) is 20.3. The predicted octanol–water partition coefficient (Wildman–Crippen LogP) is 2.75. The van der Waals surface area contributed by atoms with Crippen LogP contribution in [0.4, 0.5) is 0 Å². The molecule has 1 amide bonds. The Bertz CT molecular complexity index is 760. The van der Waals surface area contributed by atoms with Gasteiger partial charge in [-0.1, -0.05) is 5.16 Å². The molecule has 0 radical (unpaired) electrons. The first-order valence-corrected chi connectivity index (χ1v) is 8.99. The zero-order valence-electron chi connectivity index (χ0n) is 14.9. The lowest BCUT2D eigenvalue weighted by Gasteiger charge is -2.43. The molecule has 25 heavy (non-hydrogen) atoms. The van der Waals surface area contributed by atoms with E-state index < -0.39 is 0 Å². The topological polar surface area (TPSA) is 62.5 Å². The summed E-state index contributed by atoms with van der Waals surface area (Å²) in [4.78, 5) is 21.5. The molecule has 4 rings (SSSR count). The number of likely N-dealkylation sites (tertiary alicyclic amines) is 2. The van der Waals surface area contributed by atoms with Crippen LogP contribution in [0.2, 0.25) is 0 Å². The van der Waals surface area contributed by atoms with Crippen molar-refractivity contribution in [3.63, 3.8) is 0 Å².